The van der Waals surface area contributed by atoms with Crippen molar-refractivity contribution in [2.45, 2.75) is 59.7 Å². The summed E-state index contributed by atoms with van der Waals surface area (Å²) in [4.78, 5) is 40.7. The van der Waals surface area contributed by atoms with Crippen LogP contribution in [0.15, 0.2) is 30.3 Å². The molecule has 8 nitrogen and oxygen atoms in total. The third-order valence-corrected chi connectivity index (χ3v) is 5.44. The summed E-state index contributed by atoms with van der Waals surface area (Å²) in [6.45, 7) is 12.5. The molecule has 0 saturated carbocycles. The molecule has 8 heteroatoms. The molecule has 0 bridgehead atoms. The molecule has 1 saturated heterocycles. The van der Waals surface area contributed by atoms with Crippen LogP contribution in [0.4, 0.5) is 0 Å². The molecular weight excluding hydrogens is 422 g/mol. The number of nitrogens with one attached hydrogen (secondary N) is 2. The lowest BCUT2D eigenvalue weighted by Gasteiger charge is -2.33. The lowest BCUT2D eigenvalue weighted by atomic mass is 9.85. The summed E-state index contributed by atoms with van der Waals surface area (Å²) in [6.07, 6.45) is 0.442. The van der Waals surface area contributed by atoms with Crippen LogP contribution >= 0.6 is 0 Å². The molecule has 184 valence electrons. The van der Waals surface area contributed by atoms with E-state index in [1.54, 1.807) is 0 Å². The van der Waals surface area contributed by atoms with E-state index >= 15 is 0 Å². The second-order valence-corrected chi connectivity index (χ2v) is 10.0. The van der Waals surface area contributed by atoms with Crippen molar-refractivity contribution in [2.75, 3.05) is 32.8 Å². The molecule has 2 atom stereocenters. The van der Waals surface area contributed by atoms with Crippen LogP contribution in [0.25, 0.3) is 0 Å². The predicted octanol–water partition coefficient (Wildman–Crippen LogP) is 2.12. The number of esters is 1. The van der Waals surface area contributed by atoms with Crippen LogP contribution in [0.2, 0.25) is 0 Å². The lowest BCUT2D eigenvalue weighted by molar-refractivity contribution is -0.150. The maximum Gasteiger partial charge on any atom is 0.328 e. The molecule has 0 spiro atoms. The normalized spacial score (nSPS) is 16.7. The van der Waals surface area contributed by atoms with Crippen LogP contribution in [0, 0.1) is 11.3 Å². The van der Waals surface area contributed by atoms with E-state index in [-0.39, 0.29) is 30.9 Å². The van der Waals surface area contributed by atoms with Gasteiger partial charge in [0.15, 0.2) is 0 Å². The van der Waals surface area contributed by atoms with Crippen LogP contribution in [0.5, 0.6) is 0 Å². The van der Waals surface area contributed by atoms with Crippen molar-refractivity contribution < 1.29 is 23.9 Å². The number of ether oxygens (including phenoxy) is 2. The van der Waals surface area contributed by atoms with Crippen LogP contribution in [0.3, 0.4) is 0 Å². The number of carbonyl (C=O) groups is 3. The standard InChI is InChI=1S/C25H39N3O5/c1-18(2)15-20(24(31)33-17-19-9-7-6-8-10-19)26-23(30)22(25(3,4)5)27-21(29)16-28-11-13-32-14-12-28/h6-10,18,20,22H,11-17H2,1-5H3,(H,26,30)(H,27,29). The van der Waals surface area contributed by atoms with Gasteiger partial charge in [0.25, 0.3) is 0 Å². The van der Waals surface area contributed by atoms with Gasteiger partial charge in [-0.3, -0.25) is 14.5 Å². The van der Waals surface area contributed by atoms with Gasteiger partial charge in [0.2, 0.25) is 11.8 Å². The highest BCUT2D eigenvalue weighted by Crippen LogP contribution is 2.20. The third kappa shape index (κ3) is 9.52. The zero-order chi connectivity index (χ0) is 24.4. The van der Waals surface area contributed by atoms with Crippen molar-refractivity contribution >= 4 is 17.8 Å². The number of carbonyl (C=O) groups excluding carboxylic acids is 3. The van der Waals surface area contributed by atoms with Gasteiger partial charge >= 0.3 is 5.97 Å². The van der Waals surface area contributed by atoms with E-state index in [9.17, 15) is 14.4 Å². The minimum absolute atomic E-state index is 0.142. The van der Waals surface area contributed by atoms with Crippen molar-refractivity contribution in [1.29, 1.82) is 0 Å². The first-order valence-corrected chi connectivity index (χ1v) is 11.7. The summed E-state index contributed by atoms with van der Waals surface area (Å²) in [7, 11) is 0. The van der Waals surface area contributed by atoms with Crippen LogP contribution in [-0.4, -0.2) is 67.6 Å². The molecule has 2 unspecified atom stereocenters. The average Bonchev–Trinajstić information content (AvgIpc) is 2.75. The Hall–Kier alpha value is -2.45. The topological polar surface area (TPSA) is 97.0 Å². The fraction of sp³-hybridized carbons (Fsp3) is 0.640. The van der Waals surface area contributed by atoms with E-state index in [0.717, 1.165) is 5.56 Å². The molecule has 1 heterocycles. The third-order valence-electron chi connectivity index (χ3n) is 5.44. The Morgan fingerprint density at radius 2 is 1.70 bits per heavy atom. The molecule has 1 fully saturated rings. The van der Waals surface area contributed by atoms with E-state index in [1.807, 2.05) is 69.9 Å². The first-order valence-electron chi connectivity index (χ1n) is 11.7. The number of rotatable bonds is 10. The van der Waals surface area contributed by atoms with Gasteiger partial charge in [-0.05, 0) is 23.3 Å². The monoisotopic (exact) mass is 461 g/mol. The van der Waals surface area contributed by atoms with E-state index in [0.29, 0.717) is 32.7 Å². The Labute approximate surface area is 197 Å². The molecule has 0 aromatic heterocycles. The van der Waals surface area contributed by atoms with Crippen molar-refractivity contribution in [3.8, 4) is 0 Å². The van der Waals surface area contributed by atoms with Crippen molar-refractivity contribution in [3.63, 3.8) is 0 Å². The summed E-state index contributed by atoms with van der Waals surface area (Å²) < 4.78 is 10.8. The Morgan fingerprint density at radius 3 is 2.27 bits per heavy atom. The van der Waals surface area contributed by atoms with Crippen LogP contribution in [-0.2, 0) is 30.5 Å². The predicted molar refractivity (Wildman–Crippen MR) is 126 cm³/mol. The van der Waals surface area contributed by atoms with E-state index < -0.39 is 23.5 Å². The van der Waals surface area contributed by atoms with Crippen LogP contribution < -0.4 is 10.6 Å². The van der Waals surface area contributed by atoms with Gasteiger partial charge in [-0.2, -0.15) is 0 Å². The minimum atomic E-state index is -0.790. The Morgan fingerprint density at radius 1 is 1.06 bits per heavy atom. The van der Waals surface area contributed by atoms with Crippen LogP contribution in [0.1, 0.15) is 46.6 Å². The quantitative estimate of drug-likeness (QED) is 0.518. The molecule has 33 heavy (non-hydrogen) atoms. The SMILES string of the molecule is CC(C)CC(NC(=O)C(NC(=O)CN1CCOCC1)C(C)(C)C)C(=O)OCc1ccccc1. The molecule has 1 aromatic carbocycles. The Kier molecular flexibility index (Phi) is 10.3. The molecule has 2 amide bonds. The highest BCUT2D eigenvalue weighted by Gasteiger charge is 2.35. The van der Waals surface area contributed by atoms with E-state index in [1.165, 1.54) is 0 Å². The smallest absolute Gasteiger partial charge is 0.328 e. The fourth-order valence-corrected chi connectivity index (χ4v) is 3.61. The maximum atomic E-state index is 13.2. The number of hydrogen-bond acceptors (Lipinski definition) is 6. The first-order chi connectivity index (χ1) is 15.6. The largest absolute Gasteiger partial charge is 0.459 e. The van der Waals surface area contributed by atoms with Gasteiger partial charge < -0.3 is 20.1 Å². The Balaban J connectivity index is 2.02. The molecule has 2 N–H and O–H groups in total. The zero-order valence-corrected chi connectivity index (χ0v) is 20.6. The highest BCUT2D eigenvalue weighted by molar-refractivity contribution is 5.91. The number of morpholine rings is 1. The van der Waals surface area contributed by atoms with Gasteiger partial charge in [0.05, 0.1) is 19.8 Å². The molecule has 2 rings (SSSR count). The molecule has 1 aliphatic rings. The summed E-state index contributed by atoms with van der Waals surface area (Å²) in [5, 5.41) is 5.71. The molecule has 1 aliphatic heterocycles. The van der Waals surface area contributed by atoms with E-state index in [2.05, 4.69) is 10.6 Å². The van der Waals surface area contributed by atoms with Gasteiger partial charge in [0, 0.05) is 13.1 Å². The van der Waals surface area contributed by atoms with Gasteiger partial charge in [-0.25, -0.2) is 4.79 Å². The fourth-order valence-electron chi connectivity index (χ4n) is 3.61. The molecular formula is C25H39N3O5. The first kappa shape index (κ1) is 26.8. The maximum absolute atomic E-state index is 13.2. The van der Waals surface area contributed by atoms with Gasteiger partial charge in [0.1, 0.15) is 18.7 Å². The average molecular weight is 462 g/mol. The van der Waals surface area contributed by atoms with E-state index in [4.69, 9.17) is 9.47 Å². The highest BCUT2D eigenvalue weighted by atomic mass is 16.5. The number of benzene rings is 1. The van der Waals surface area contributed by atoms with Gasteiger partial charge in [-0.15, -0.1) is 0 Å². The van der Waals surface area contributed by atoms with Crippen molar-refractivity contribution in [1.82, 2.24) is 15.5 Å². The molecule has 0 radical (unpaired) electrons. The lowest BCUT2D eigenvalue weighted by Crippen LogP contribution is -2.58. The summed E-state index contributed by atoms with van der Waals surface area (Å²) in [6, 6.07) is 7.83. The number of nitrogens with zero attached hydrogens (tertiary/aromatic N) is 1. The number of hydrogen-bond donors (Lipinski definition) is 2. The minimum Gasteiger partial charge on any atom is -0.459 e. The van der Waals surface area contributed by atoms with Gasteiger partial charge in [-0.1, -0.05) is 65.0 Å². The second-order valence-electron chi connectivity index (χ2n) is 10.0. The van der Waals surface area contributed by atoms with Crippen molar-refractivity contribution in [2.24, 2.45) is 11.3 Å². The second kappa shape index (κ2) is 12.7. The summed E-state index contributed by atoms with van der Waals surface area (Å²) in [5.41, 5.74) is 0.338. The van der Waals surface area contributed by atoms with Crippen molar-refractivity contribution in [3.05, 3.63) is 35.9 Å². The zero-order valence-electron chi connectivity index (χ0n) is 20.6. The summed E-state index contributed by atoms with van der Waals surface area (Å²) >= 11 is 0. The number of amides is 2. The molecule has 1 aromatic rings. The summed E-state index contributed by atoms with van der Waals surface area (Å²) in [5.74, 6) is -0.920. The molecule has 0 aliphatic carbocycles. The Bertz CT molecular complexity index is 770.